The van der Waals surface area contributed by atoms with E-state index in [4.69, 9.17) is 10.5 Å². The molecule has 0 atom stereocenters. The van der Waals surface area contributed by atoms with Gasteiger partial charge in [-0.1, -0.05) is 83.6 Å². The normalized spacial score (nSPS) is 10.7. The van der Waals surface area contributed by atoms with E-state index in [-0.39, 0.29) is 5.97 Å². The number of carbonyl (C=O) groups excluding carboxylic acids is 1. The minimum absolute atomic E-state index is 0.273. The number of unbranched alkanes of at least 4 members (excludes halogenated alkanes) is 11. The van der Waals surface area contributed by atoms with Crippen molar-refractivity contribution in [2.24, 2.45) is 0 Å². The summed E-state index contributed by atoms with van der Waals surface area (Å²) in [5.74, 6) is -0.273. The molecule has 24 heavy (non-hydrogen) atoms. The summed E-state index contributed by atoms with van der Waals surface area (Å²) in [6.07, 6.45) is 15.7. The van der Waals surface area contributed by atoms with Crippen LogP contribution in [-0.2, 0) is 4.74 Å². The zero-order chi connectivity index (χ0) is 17.5. The monoisotopic (exact) mass is 333 g/mol. The van der Waals surface area contributed by atoms with Gasteiger partial charge in [0.1, 0.15) is 0 Å². The van der Waals surface area contributed by atoms with Crippen molar-refractivity contribution in [3.05, 3.63) is 29.8 Å². The number of carbonyl (C=O) groups is 1. The molecule has 0 fully saturated rings. The van der Waals surface area contributed by atoms with Crippen molar-refractivity contribution in [2.45, 2.75) is 84.0 Å². The van der Waals surface area contributed by atoms with Crippen molar-refractivity contribution in [1.82, 2.24) is 0 Å². The zero-order valence-electron chi connectivity index (χ0n) is 15.4. The third-order valence-electron chi connectivity index (χ3n) is 4.35. The summed E-state index contributed by atoms with van der Waals surface area (Å²) in [4.78, 5) is 11.8. The second-order valence-electron chi connectivity index (χ2n) is 6.65. The average molecular weight is 334 g/mol. The van der Waals surface area contributed by atoms with Gasteiger partial charge in [0.2, 0.25) is 0 Å². The summed E-state index contributed by atoms with van der Waals surface area (Å²) in [6, 6.07) is 6.93. The van der Waals surface area contributed by atoms with Crippen LogP contribution < -0.4 is 5.73 Å². The molecule has 1 aromatic carbocycles. The third kappa shape index (κ3) is 10.3. The minimum atomic E-state index is -0.273. The molecule has 0 bridgehead atoms. The Kier molecular flexibility index (Phi) is 11.9. The molecule has 0 heterocycles. The van der Waals surface area contributed by atoms with Crippen LogP contribution in [0.1, 0.15) is 94.3 Å². The Balaban J connectivity index is 1.88. The van der Waals surface area contributed by atoms with Crippen LogP contribution in [0.3, 0.4) is 0 Å². The van der Waals surface area contributed by atoms with Crippen LogP contribution in [0.2, 0.25) is 0 Å². The highest BCUT2D eigenvalue weighted by Crippen LogP contribution is 2.12. The first-order valence-electron chi connectivity index (χ1n) is 9.76. The van der Waals surface area contributed by atoms with E-state index in [0.29, 0.717) is 17.9 Å². The van der Waals surface area contributed by atoms with Crippen LogP contribution in [0.25, 0.3) is 0 Å². The largest absolute Gasteiger partial charge is 0.462 e. The summed E-state index contributed by atoms with van der Waals surface area (Å²) in [7, 11) is 0. The molecule has 1 rings (SSSR count). The summed E-state index contributed by atoms with van der Waals surface area (Å²) in [6.45, 7) is 2.77. The molecule has 2 N–H and O–H groups in total. The number of esters is 1. The Hall–Kier alpha value is -1.51. The highest BCUT2D eigenvalue weighted by Gasteiger charge is 2.06. The van der Waals surface area contributed by atoms with E-state index < -0.39 is 0 Å². The Bertz CT molecular complexity index is 445. The average Bonchev–Trinajstić information content (AvgIpc) is 2.59. The van der Waals surface area contributed by atoms with Gasteiger partial charge in [-0.25, -0.2) is 4.79 Å². The summed E-state index contributed by atoms with van der Waals surface area (Å²) < 4.78 is 5.28. The Morgan fingerprint density at radius 3 is 1.96 bits per heavy atom. The molecular weight excluding hydrogens is 298 g/mol. The standard InChI is InChI=1S/C21H35NO2/c1-2-3-4-5-6-7-8-9-10-11-12-13-17-24-21(23)19-15-14-16-20(22)18-19/h14-16,18H,2-13,17,22H2,1H3. The molecule has 0 radical (unpaired) electrons. The van der Waals surface area contributed by atoms with Crippen molar-refractivity contribution in [2.75, 3.05) is 12.3 Å². The summed E-state index contributed by atoms with van der Waals surface area (Å²) in [5, 5.41) is 0. The van der Waals surface area contributed by atoms with Gasteiger partial charge in [-0.2, -0.15) is 0 Å². The number of anilines is 1. The lowest BCUT2D eigenvalue weighted by Gasteiger charge is -2.06. The van der Waals surface area contributed by atoms with E-state index in [9.17, 15) is 4.79 Å². The molecule has 136 valence electrons. The molecule has 3 nitrogen and oxygen atoms in total. The van der Waals surface area contributed by atoms with E-state index in [2.05, 4.69) is 6.92 Å². The van der Waals surface area contributed by atoms with Gasteiger partial charge in [-0.3, -0.25) is 0 Å². The Morgan fingerprint density at radius 2 is 1.42 bits per heavy atom. The predicted octanol–water partition coefficient (Wildman–Crippen LogP) is 6.13. The third-order valence-corrected chi connectivity index (χ3v) is 4.35. The highest BCUT2D eigenvalue weighted by molar-refractivity contribution is 5.90. The zero-order valence-corrected chi connectivity index (χ0v) is 15.4. The van der Waals surface area contributed by atoms with E-state index >= 15 is 0 Å². The highest BCUT2D eigenvalue weighted by atomic mass is 16.5. The Labute approximate surface area is 148 Å². The van der Waals surface area contributed by atoms with Crippen LogP contribution in [0, 0.1) is 0 Å². The quantitative estimate of drug-likeness (QED) is 0.253. The van der Waals surface area contributed by atoms with E-state index in [1.807, 2.05) is 0 Å². The SMILES string of the molecule is CCCCCCCCCCCCCCOC(=O)c1cccc(N)c1. The lowest BCUT2D eigenvalue weighted by Crippen LogP contribution is -2.06. The van der Waals surface area contributed by atoms with Gasteiger partial charge in [-0.05, 0) is 24.6 Å². The first kappa shape index (κ1) is 20.5. The molecule has 0 aliphatic rings. The van der Waals surface area contributed by atoms with Crippen LogP contribution >= 0.6 is 0 Å². The van der Waals surface area contributed by atoms with E-state index in [0.717, 1.165) is 12.8 Å². The first-order chi connectivity index (χ1) is 11.7. The number of hydrogen-bond acceptors (Lipinski definition) is 3. The van der Waals surface area contributed by atoms with Crippen molar-refractivity contribution in [3.63, 3.8) is 0 Å². The molecule has 0 saturated carbocycles. The van der Waals surface area contributed by atoms with Crippen LogP contribution in [0.4, 0.5) is 5.69 Å². The number of nitrogen functional groups attached to an aromatic ring is 1. The molecule has 0 aliphatic heterocycles. The maximum atomic E-state index is 11.8. The number of nitrogens with two attached hydrogens (primary N) is 1. The molecule has 0 unspecified atom stereocenters. The second kappa shape index (κ2) is 13.9. The second-order valence-corrected chi connectivity index (χ2v) is 6.65. The topological polar surface area (TPSA) is 52.3 Å². The van der Waals surface area contributed by atoms with E-state index in [1.54, 1.807) is 24.3 Å². The smallest absolute Gasteiger partial charge is 0.338 e. The fourth-order valence-electron chi connectivity index (χ4n) is 2.86. The number of ether oxygens (including phenoxy) is 1. The van der Waals surface area contributed by atoms with Crippen LogP contribution in [0.5, 0.6) is 0 Å². The molecule has 0 saturated heterocycles. The molecule has 0 aromatic heterocycles. The molecule has 3 heteroatoms. The van der Waals surface area contributed by atoms with Crippen molar-refractivity contribution in [1.29, 1.82) is 0 Å². The van der Waals surface area contributed by atoms with Crippen LogP contribution in [-0.4, -0.2) is 12.6 Å². The lowest BCUT2D eigenvalue weighted by atomic mass is 10.1. The molecule has 0 aliphatic carbocycles. The maximum Gasteiger partial charge on any atom is 0.338 e. The fourth-order valence-corrected chi connectivity index (χ4v) is 2.86. The number of hydrogen-bond donors (Lipinski definition) is 1. The van der Waals surface area contributed by atoms with Gasteiger partial charge in [0.05, 0.1) is 12.2 Å². The van der Waals surface area contributed by atoms with Crippen molar-refractivity contribution >= 4 is 11.7 Å². The lowest BCUT2D eigenvalue weighted by molar-refractivity contribution is 0.0497. The molecule has 0 amide bonds. The van der Waals surface area contributed by atoms with E-state index in [1.165, 1.54) is 64.2 Å². The number of benzene rings is 1. The van der Waals surface area contributed by atoms with Crippen molar-refractivity contribution < 1.29 is 9.53 Å². The first-order valence-corrected chi connectivity index (χ1v) is 9.76. The van der Waals surface area contributed by atoms with Gasteiger partial charge in [0.25, 0.3) is 0 Å². The molecular formula is C21H35NO2. The van der Waals surface area contributed by atoms with Gasteiger partial charge >= 0.3 is 5.97 Å². The van der Waals surface area contributed by atoms with Crippen LogP contribution in [0.15, 0.2) is 24.3 Å². The van der Waals surface area contributed by atoms with Gasteiger partial charge in [0.15, 0.2) is 0 Å². The summed E-state index contributed by atoms with van der Waals surface area (Å²) in [5.41, 5.74) is 6.79. The van der Waals surface area contributed by atoms with Gasteiger partial charge in [0, 0.05) is 5.69 Å². The Morgan fingerprint density at radius 1 is 0.875 bits per heavy atom. The van der Waals surface area contributed by atoms with Gasteiger partial charge < -0.3 is 10.5 Å². The minimum Gasteiger partial charge on any atom is -0.462 e. The molecule has 0 spiro atoms. The summed E-state index contributed by atoms with van der Waals surface area (Å²) >= 11 is 0. The number of rotatable bonds is 14. The maximum absolute atomic E-state index is 11.8. The predicted molar refractivity (Wildman–Crippen MR) is 102 cm³/mol. The molecule has 1 aromatic rings. The fraction of sp³-hybridized carbons (Fsp3) is 0.667. The van der Waals surface area contributed by atoms with Gasteiger partial charge in [-0.15, -0.1) is 0 Å². The van der Waals surface area contributed by atoms with Crippen molar-refractivity contribution in [3.8, 4) is 0 Å².